The average molecular weight is 285 g/mol. The Bertz CT molecular complexity index is 192. The molecule has 0 radical (unpaired) electrons. The second-order valence-corrected chi connectivity index (χ2v) is 7.74. The molecule has 1 nitrogen and oxygen atoms in total. The molecule has 122 valence electrons. The van der Waals surface area contributed by atoms with E-state index in [0.29, 0.717) is 0 Å². The Morgan fingerprint density at radius 1 is 0.600 bits per heavy atom. The van der Waals surface area contributed by atoms with Crippen LogP contribution in [0.1, 0.15) is 90.9 Å². The van der Waals surface area contributed by atoms with Crippen LogP contribution in [0, 0.1) is 5.92 Å². The number of hydrogen-bond donors (Lipinski definition) is 0. The van der Waals surface area contributed by atoms with Gasteiger partial charge in [0.05, 0.1) is 27.7 Å². The summed E-state index contributed by atoms with van der Waals surface area (Å²) in [5.74, 6) is 0.957. The summed E-state index contributed by atoms with van der Waals surface area (Å²) in [5.41, 5.74) is 0. The highest BCUT2D eigenvalue weighted by molar-refractivity contribution is 4.60. The van der Waals surface area contributed by atoms with Gasteiger partial charge in [-0.1, -0.05) is 78.1 Å². The van der Waals surface area contributed by atoms with Crippen molar-refractivity contribution < 1.29 is 4.48 Å². The molecule has 1 heteroatoms. The van der Waals surface area contributed by atoms with Crippen molar-refractivity contribution in [2.75, 3.05) is 27.7 Å². The number of quaternary nitrogens is 1. The van der Waals surface area contributed by atoms with Crippen molar-refractivity contribution in [3.05, 3.63) is 0 Å². The fourth-order valence-corrected chi connectivity index (χ4v) is 3.17. The van der Waals surface area contributed by atoms with E-state index < -0.39 is 0 Å². The van der Waals surface area contributed by atoms with E-state index in [1.807, 2.05) is 0 Å². The molecule has 0 saturated heterocycles. The molecule has 0 aromatic carbocycles. The van der Waals surface area contributed by atoms with Crippen molar-refractivity contribution in [2.45, 2.75) is 90.9 Å². The molecule has 0 aliphatic carbocycles. The fraction of sp³-hybridized carbons (Fsp3) is 1.00. The lowest BCUT2D eigenvalue weighted by atomic mass is 9.93. The molecule has 0 N–H and O–H groups in total. The zero-order valence-corrected chi connectivity index (χ0v) is 15.2. The molecule has 0 bridgehead atoms. The minimum atomic E-state index is 0.957. The Morgan fingerprint density at radius 3 is 1.45 bits per heavy atom. The summed E-state index contributed by atoms with van der Waals surface area (Å²) in [5, 5.41) is 0. The molecule has 0 amide bonds. The predicted octanol–water partition coefficient (Wildman–Crippen LogP) is 6.03. The van der Waals surface area contributed by atoms with E-state index in [-0.39, 0.29) is 0 Å². The van der Waals surface area contributed by atoms with Crippen LogP contribution in [0.5, 0.6) is 0 Å². The first-order chi connectivity index (χ1) is 9.49. The van der Waals surface area contributed by atoms with Crippen LogP contribution >= 0.6 is 0 Å². The summed E-state index contributed by atoms with van der Waals surface area (Å²) >= 11 is 0. The smallest absolute Gasteiger partial charge is 0.0809 e. The van der Waals surface area contributed by atoms with Crippen molar-refractivity contribution in [2.24, 2.45) is 5.92 Å². The molecule has 1 atom stereocenters. The van der Waals surface area contributed by atoms with Crippen LogP contribution in [0.15, 0.2) is 0 Å². The number of hydrogen-bond acceptors (Lipinski definition) is 0. The first-order valence-corrected chi connectivity index (χ1v) is 9.30. The number of unbranched alkanes of at least 4 members (excludes halogenated alkanes) is 8. The maximum absolute atomic E-state index is 2.35. The molecular weight excluding hydrogens is 242 g/mol. The van der Waals surface area contributed by atoms with E-state index in [1.54, 1.807) is 0 Å². The predicted molar refractivity (Wildman–Crippen MR) is 93.1 cm³/mol. The number of nitrogens with zero attached hydrogens (tertiary/aromatic N) is 1. The normalized spacial score (nSPS) is 13.7. The van der Waals surface area contributed by atoms with Crippen LogP contribution in [0.4, 0.5) is 0 Å². The summed E-state index contributed by atoms with van der Waals surface area (Å²) < 4.78 is 1.13. The van der Waals surface area contributed by atoms with E-state index in [2.05, 4.69) is 35.0 Å². The van der Waals surface area contributed by atoms with Gasteiger partial charge < -0.3 is 4.48 Å². The van der Waals surface area contributed by atoms with Crippen molar-refractivity contribution in [3.8, 4) is 0 Å². The van der Waals surface area contributed by atoms with Crippen molar-refractivity contribution >= 4 is 0 Å². The maximum atomic E-state index is 2.35. The topological polar surface area (TPSA) is 0 Å². The average Bonchev–Trinajstić information content (AvgIpc) is 2.36. The minimum absolute atomic E-state index is 0.957. The molecule has 0 aromatic heterocycles. The second kappa shape index (κ2) is 12.7. The summed E-state index contributed by atoms with van der Waals surface area (Å²) in [6.45, 7) is 5.97. The monoisotopic (exact) mass is 284 g/mol. The molecule has 0 fully saturated rings. The molecule has 0 saturated carbocycles. The molecule has 0 aromatic rings. The highest BCUT2D eigenvalue weighted by Gasteiger charge is 2.17. The third-order valence-electron chi connectivity index (χ3n) is 4.24. The molecular formula is C19H42N+. The van der Waals surface area contributed by atoms with Gasteiger partial charge in [0.2, 0.25) is 0 Å². The standard InChI is InChI=1S/C19H42N/c1-6-8-10-12-13-15-17-19(18-20(3,4)5)16-14-11-9-7-2/h19H,6-18H2,1-5H3/q+1. The van der Waals surface area contributed by atoms with Gasteiger partial charge in [0.25, 0.3) is 0 Å². The van der Waals surface area contributed by atoms with E-state index in [9.17, 15) is 0 Å². The highest BCUT2D eigenvalue weighted by atomic mass is 15.3. The summed E-state index contributed by atoms with van der Waals surface area (Å²) in [6.07, 6.45) is 17.2. The Hall–Kier alpha value is -0.0400. The minimum Gasteiger partial charge on any atom is -0.331 e. The highest BCUT2D eigenvalue weighted by Crippen LogP contribution is 2.20. The van der Waals surface area contributed by atoms with Gasteiger partial charge in [-0.2, -0.15) is 0 Å². The maximum Gasteiger partial charge on any atom is 0.0809 e. The molecule has 0 spiro atoms. The largest absolute Gasteiger partial charge is 0.331 e. The SMILES string of the molecule is CCCCCCCCC(CCCCCC)C[N+](C)(C)C. The lowest BCUT2D eigenvalue weighted by Crippen LogP contribution is -2.39. The van der Waals surface area contributed by atoms with Gasteiger partial charge in [-0.3, -0.25) is 0 Å². The van der Waals surface area contributed by atoms with E-state index in [1.165, 1.54) is 83.6 Å². The molecule has 20 heavy (non-hydrogen) atoms. The molecule has 0 heterocycles. The lowest BCUT2D eigenvalue weighted by molar-refractivity contribution is -0.874. The molecule has 1 unspecified atom stereocenters. The third kappa shape index (κ3) is 14.4. The third-order valence-corrected chi connectivity index (χ3v) is 4.24. The zero-order chi connectivity index (χ0) is 15.3. The quantitative estimate of drug-likeness (QED) is 0.270. The van der Waals surface area contributed by atoms with E-state index in [4.69, 9.17) is 0 Å². The number of rotatable bonds is 14. The first-order valence-electron chi connectivity index (χ1n) is 9.30. The van der Waals surface area contributed by atoms with Crippen molar-refractivity contribution in [3.63, 3.8) is 0 Å². The molecule has 0 aliphatic rings. The molecule has 0 aliphatic heterocycles. The summed E-state index contributed by atoms with van der Waals surface area (Å²) in [4.78, 5) is 0. The van der Waals surface area contributed by atoms with Crippen LogP contribution in [0.2, 0.25) is 0 Å². The van der Waals surface area contributed by atoms with Gasteiger partial charge >= 0.3 is 0 Å². The Kier molecular flexibility index (Phi) is 12.7. The van der Waals surface area contributed by atoms with Gasteiger partial charge in [-0.05, 0) is 12.8 Å². The van der Waals surface area contributed by atoms with Crippen LogP contribution in [0.25, 0.3) is 0 Å². The van der Waals surface area contributed by atoms with Gasteiger partial charge in [-0.15, -0.1) is 0 Å². The van der Waals surface area contributed by atoms with Gasteiger partial charge in [0.15, 0.2) is 0 Å². The van der Waals surface area contributed by atoms with Crippen LogP contribution in [-0.4, -0.2) is 32.2 Å². The van der Waals surface area contributed by atoms with Gasteiger partial charge in [0.1, 0.15) is 0 Å². The second-order valence-electron chi connectivity index (χ2n) is 7.74. The molecule has 0 rings (SSSR count). The van der Waals surface area contributed by atoms with Crippen molar-refractivity contribution in [1.29, 1.82) is 0 Å². The summed E-state index contributed by atoms with van der Waals surface area (Å²) in [7, 11) is 7.04. The fourth-order valence-electron chi connectivity index (χ4n) is 3.17. The van der Waals surface area contributed by atoms with Crippen molar-refractivity contribution in [1.82, 2.24) is 0 Å². The van der Waals surface area contributed by atoms with Crippen LogP contribution in [0.3, 0.4) is 0 Å². The Morgan fingerprint density at radius 2 is 1.00 bits per heavy atom. The first kappa shape index (κ1) is 20.0. The summed E-state index contributed by atoms with van der Waals surface area (Å²) in [6, 6.07) is 0. The van der Waals surface area contributed by atoms with Crippen LogP contribution < -0.4 is 0 Å². The van der Waals surface area contributed by atoms with Gasteiger partial charge in [0, 0.05) is 5.92 Å². The zero-order valence-electron chi connectivity index (χ0n) is 15.2. The van der Waals surface area contributed by atoms with E-state index >= 15 is 0 Å². The van der Waals surface area contributed by atoms with Crippen LogP contribution in [-0.2, 0) is 0 Å². The Labute approximate surface area is 129 Å². The van der Waals surface area contributed by atoms with Gasteiger partial charge in [-0.25, -0.2) is 0 Å². The lowest BCUT2D eigenvalue weighted by Gasteiger charge is -2.29. The van der Waals surface area contributed by atoms with E-state index in [0.717, 1.165) is 10.4 Å². The Balaban J connectivity index is 3.80.